The van der Waals surface area contributed by atoms with Crippen molar-refractivity contribution in [2.75, 3.05) is 65.4 Å². The predicted molar refractivity (Wildman–Crippen MR) is 514 cm³/mol. The molecule has 150 heavy (non-hydrogen) atoms. The van der Waals surface area contributed by atoms with Crippen molar-refractivity contribution in [2.45, 2.75) is 267 Å². The maximum Gasteiger partial charge on any atom is 0.421 e. The Hall–Kier alpha value is -11.8. The van der Waals surface area contributed by atoms with E-state index >= 15 is 0 Å². The highest BCUT2D eigenvalue weighted by Crippen LogP contribution is 2.50. The van der Waals surface area contributed by atoms with Crippen LogP contribution in [0.15, 0.2) is 170 Å². The molecule has 11 N–H and O–H groups in total. The molecule has 9 unspecified atom stereocenters. The van der Waals surface area contributed by atoms with E-state index in [9.17, 15) is 153 Å². The summed E-state index contributed by atoms with van der Waals surface area (Å²) in [6.45, 7) is 17.6. The molecule has 2 bridgehead atoms. The molecule has 824 valence electrons. The van der Waals surface area contributed by atoms with Crippen molar-refractivity contribution in [1.82, 2.24) is 39.3 Å². The normalized spacial score (nSPS) is 21.8. The number of hydrogen-bond acceptors (Lipinski definition) is 17. The summed E-state index contributed by atoms with van der Waals surface area (Å²) >= 11 is 0. The van der Waals surface area contributed by atoms with E-state index in [1.54, 1.807) is 39.2 Å². The van der Waals surface area contributed by atoms with E-state index in [2.05, 4.69) is 16.8 Å². The Morgan fingerprint density at radius 3 is 1.10 bits per heavy atom. The minimum absolute atomic E-state index is 0.113. The summed E-state index contributed by atoms with van der Waals surface area (Å²) in [7, 11) is 0. The lowest BCUT2D eigenvalue weighted by Crippen LogP contribution is -2.55. The standard InChI is InChI=1S/C20H26F3N3O3.C19H24F3NO2.C18H19F3N2O2.C17H20F3NO4.C16H19F3N2O3.C16H20F3NO2/c1-13-11-25(12-19(7-8-19)17(24)28)9-10-26(13)16(27)14-3-5-15(6-4-14)18(2,29)20(21,22)23;1-3-23(16-11-12-4-5-14(16)10-12)17(24)13-6-8-15(9-7-13)18(2,25)19(20,21)22;1-3-23(12-13-8-10-22-11-9-13)16(24)14-4-6-15(7-5-14)17(2,25)18(19,20)21;1-16(25,17(18,19)20)12-7-5-11(6-8-12)15(24)21-9-3-2-4-13(21)10-14(22)23;1-15(24,16(17,18)19)11-7-5-10(6-8-11)14(23)21-9-3-2-4-12(21)13(20)22;1-11-4-3-9-20(10-11)14(21)12-5-7-13(8-6-12)15(2,22)16(17,18)19/h3-6,13,29H,7-12H2,1-2H3,(H2,24,28);6-9,12,14,16,25H,3-5,10-11H2,1-2H3;4-11,25H,3,12H2,1-2H3;5-8,13,25H,2-4,9-10H2,1H3,(H,22,23);5-8,12,24H,2-4,9H2,1H3,(H2,20,22);5-8,11,22H,3-4,9-10H2,1-2H3/t13-,18+;;;;;11-,15-/m1....0/s1. The van der Waals surface area contributed by atoms with Crippen molar-refractivity contribution in [3.05, 3.63) is 242 Å². The van der Waals surface area contributed by atoms with Gasteiger partial charge >= 0.3 is 43.0 Å². The first-order valence-electron chi connectivity index (χ1n) is 49.0. The van der Waals surface area contributed by atoms with Gasteiger partial charge in [-0.3, -0.25) is 53.0 Å². The number of piperazine rings is 1. The van der Waals surface area contributed by atoms with Crippen molar-refractivity contribution in [3.63, 3.8) is 0 Å². The summed E-state index contributed by atoms with van der Waals surface area (Å²) in [5.74, 6) is -1.93. The third-order valence-electron chi connectivity index (χ3n) is 29.2. The molecular formula is C106H128F18N10O16. The zero-order valence-corrected chi connectivity index (χ0v) is 84.4. The number of fused-ring (bicyclic) bond motifs is 2. The Kier molecular flexibility index (Phi) is 39.3. The number of carbonyl (C=O) groups excluding carboxylic acids is 8. The molecule has 26 nitrogen and oxygen atoms in total. The highest BCUT2D eigenvalue weighted by atomic mass is 19.4. The second kappa shape index (κ2) is 48.4. The summed E-state index contributed by atoms with van der Waals surface area (Å²) in [6.07, 6.45) is -13.3. The number of rotatable bonds is 23. The smallest absolute Gasteiger partial charge is 0.421 e. The van der Waals surface area contributed by atoms with Gasteiger partial charge in [0.1, 0.15) is 6.04 Å². The molecule has 5 heterocycles. The van der Waals surface area contributed by atoms with Gasteiger partial charge < -0.3 is 76.6 Å². The lowest BCUT2D eigenvalue weighted by atomic mass is 9.92. The molecule has 8 amide bonds. The van der Waals surface area contributed by atoms with Crippen LogP contribution in [0.25, 0.3) is 0 Å². The fraction of sp³-hybridized carbons (Fsp3) is 0.528. The van der Waals surface area contributed by atoms with Crippen molar-refractivity contribution in [3.8, 4) is 0 Å². The van der Waals surface area contributed by atoms with E-state index in [-0.39, 0.29) is 104 Å². The number of amides is 8. The van der Waals surface area contributed by atoms with Crippen LogP contribution >= 0.6 is 0 Å². The number of likely N-dealkylation sites (tertiary alicyclic amines) is 3. The van der Waals surface area contributed by atoms with Gasteiger partial charge in [0, 0.05) is 136 Å². The fourth-order valence-corrected chi connectivity index (χ4v) is 18.9. The van der Waals surface area contributed by atoms with E-state index in [0.717, 1.165) is 137 Å². The molecule has 0 radical (unpaired) electrons. The van der Waals surface area contributed by atoms with Crippen LogP contribution < -0.4 is 11.5 Å². The Morgan fingerprint density at radius 1 is 0.400 bits per heavy atom. The molecule has 7 aromatic rings. The first kappa shape index (κ1) is 122. The number of carboxylic acids is 1. The van der Waals surface area contributed by atoms with Crippen LogP contribution in [0.4, 0.5) is 79.0 Å². The Bertz CT molecular complexity index is 5750. The topological polar surface area (TPSA) is 383 Å². The predicted octanol–water partition coefficient (Wildman–Crippen LogP) is 17.7. The van der Waals surface area contributed by atoms with Gasteiger partial charge in [-0.25, -0.2) is 0 Å². The van der Waals surface area contributed by atoms with Gasteiger partial charge in [-0.1, -0.05) is 86.1 Å². The summed E-state index contributed by atoms with van der Waals surface area (Å²) in [5.41, 5.74) is -6.88. The largest absolute Gasteiger partial charge is 0.481 e. The summed E-state index contributed by atoms with van der Waals surface area (Å²) in [5, 5.41) is 67.0. The van der Waals surface area contributed by atoms with Crippen LogP contribution in [-0.4, -0.2) is 255 Å². The summed E-state index contributed by atoms with van der Waals surface area (Å²) in [4.78, 5) is 125. The number of nitrogens with zero attached hydrogens (tertiary/aromatic N) is 8. The first-order valence-corrected chi connectivity index (χ1v) is 49.0. The van der Waals surface area contributed by atoms with Crippen LogP contribution in [0.2, 0.25) is 0 Å². The minimum atomic E-state index is -4.84. The van der Waals surface area contributed by atoms with Gasteiger partial charge in [-0.15, -0.1) is 0 Å². The SMILES string of the molecule is CC(O)(c1ccc(C(=O)N2CCCCC2C(N)=O)cc1)C(F)(F)F.CC(O)(c1ccc(C(=O)N2CCCCC2CC(=O)O)cc1)C(F)(F)F.CCN(C(=O)c1ccc(C(C)(O)C(F)(F)F)cc1)C1CC2CCC1C2.CCN(Cc1ccncc1)C(=O)c1ccc(C(C)(O)C(F)(F)F)cc1.C[C@@H]1CN(CC2(C(N)=O)CC2)CCN1C(=O)c1ccc([C@](C)(O)C(F)(F)F)cc1.C[C@H]1CCCN(C(=O)c2ccc([C@](C)(O)C(F)(F)F)cc2)C1. The van der Waals surface area contributed by atoms with E-state index in [0.29, 0.717) is 148 Å². The second-order valence-corrected chi connectivity index (χ2v) is 40.3. The number of aliphatic carboxylic acids is 1. The number of piperidine rings is 3. The number of halogens is 18. The third-order valence-corrected chi connectivity index (χ3v) is 29.2. The molecule has 3 saturated carbocycles. The third kappa shape index (κ3) is 29.1. The van der Waals surface area contributed by atoms with E-state index < -0.39 is 112 Å². The van der Waals surface area contributed by atoms with Crippen LogP contribution in [0.3, 0.4) is 0 Å². The Morgan fingerprint density at radius 2 is 0.767 bits per heavy atom. The summed E-state index contributed by atoms with van der Waals surface area (Å²) < 4.78 is 232. The number of pyridine rings is 1. The van der Waals surface area contributed by atoms with Crippen LogP contribution in [0, 0.1) is 23.2 Å². The zero-order valence-electron chi connectivity index (χ0n) is 84.4. The number of carbonyl (C=O) groups is 9. The quantitative estimate of drug-likeness (QED) is 0.0269. The van der Waals surface area contributed by atoms with Crippen molar-refractivity contribution < 1.29 is 158 Å². The maximum absolute atomic E-state index is 13.0. The van der Waals surface area contributed by atoms with Crippen molar-refractivity contribution >= 4 is 53.2 Å². The number of hydrogen-bond donors (Lipinski definition) is 9. The van der Waals surface area contributed by atoms with Crippen LogP contribution in [0.5, 0.6) is 0 Å². The second-order valence-electron chi connectivity index (χ2n) is 40.3. The minimum Gasteiger partial charge on any atom is -0.481 e. The van der Waals surface area contributed by atoms with Crippen LogP contribution in [0.1, 0.15) is 267 Å². The lowest BCUT2D eigenvalue weighted by Gasteiger charge is -2.41. The fourth-order valence-electron chi connectivity index (χ4n) is 18.9. The van der Waals surface area contributed by atoms with Gasteiger partial charge in [0.2, 0.25) is 11.8 Å². The van der Waals surface area contributed by atoms with Gasteiger partial charge in [-0.2, -0.15) is 79.0 Å². The summed E-state index contributed by atoms with van der Waals surface area (Å²) in [6, 6.07) is 31.6. The molecule has 13 atom stereocenters. The van der Waals surface area contributed by atoms with E-state index in [1.807, 2.05) is 25.7 Å². The molecule has 3 aliphatic carbocycles. The van der Waals surface area contributed by atoms with Gasteiger partial charge in [0.15, 0.2) is 33.6 Å². The monoisotopic (exact) mass is 2140 g/mol. The number of benzene rings is 6. The molecule has 4 aliphatic heterocycles. The van der Waals surface area contributed by atoms with Crippen LogP contribution in [-0.2, 0) is 54.5 Å². The van der Waals surface area contributed by atoms with Gasteiger partial charge in [-0.05, 0) is 287 Å². The molecule has 6 aromatic carbocycles. The maximum atomic E-state index is 13.0. The van der Waals surface area contributed by atoms with Gasteiger partial charge in [0.05, 0.1) is 11.8 Å². The first-order chi connectivity index (χ1) is 69.4. The molecule has 14 rings (SSSR count). The Labute approximate surface area is 856 Å². The van der Waals surface area contributed by atoms with Gasteiger partial charge in [0.25, 0.3) is 35.4 Å². The van der Waals surface area contributed by atoms with E-state index in [1.165, 1.54) is 108 Å². The Balaban J connectivity index is 0.000000200. The number of alkyl halides is 18. The average molecular weight is 2140 g/mol. The number of aromatic nitrogens is 1. The zero-order chi connectivity index (χ0) is 112. The molecule has 4 saturated heterocycles. The average Bonchev–Trinajstić information content (AvgIpc) is 1.69. The number of aliphatic hydroxyl groups is 6. The van der Waals surface area contributed by atoms with Crippen molar-refractivity contribution in [1.29, 1.82) is 0 Å². The lowest BCUT2D eigenvalue weighted by molar-refractivity contribution is -0.259. The highest BCUT2D eigenvalue weighted by Gasteiger charge is 2.58. The molecule has 7 aliphatic rings. The van der Waals surface area contributed by atoms with E-state index in [4.69, 9.17) is 16.6 Å². The molecule has 44 heteroatoms. The molecule has 1 aromatic heterocycles. The highest BCUT2D eigenvalue weighted by molar-refractivity contribution is 5.99. The molecule has 0 spiro atoms. The number of nitrogens with two attached hydrogens (primary N) is 2. The number of carboxylic acid groups (broad SMARTS) is 1. The molecular weight excluding hydrogens is 2010 g/mol. The number of primary amides is 2. The molecule has 7 fully saturated rings. The van der Waals surface area contributed by atoms with Crippen molar-refractivity contribution in [2.24, 2.45) is 34.6 Å².